The van der Waals surface area contributed by atoms with Crippen molar-refractivity contribution in [3.8, 4) is 5.88 Å². The van der Waals surface area contributed by atoms with Gasteiger partial charge in [-0.3, -0.25) is 0 Å². The molecule has 0 aliphatic carbocycles. The summed E-state index contributed by atoms with van der Waals surface area (Å²) in [5.41, 5.74) is 1.69. The standard InChI is InChI=1S/C14H15BrFN3O/c1-17-13(9-3-10(15)5-11(16)4-9)6-12-7-14(20-2)19-8-18-12/h3-5,7-8,13,17H,6H2,1-2H3. The van der Waals surface area contributed by atoms with Crippen molar-refractivity contribution in [1.29, 1.82) is 0 Å². The molecule has 0 radical (unpaired) electrons. The molecule has 1 unspecified atom stereocenters. The van der Waals surface area contributed by atoms with Crippen molar-refractivity contribution in [2.75, 3.05) is 14.2 Å². The van der Waals surface area contributed by atoms with Gasteiger partial charge < -0.3 is 10.1 Å². The quantitative estimate of drug-likeness (QED) is 0.909. The van der Waals surface area contributed by atoms with E-state index in [4.69, 9.17) is 4.74 Å². The third-order valence-electron chi connectivity index (χ3n) is 2.96. The Labute approximate surface area is 125 Å². The summed E-state index contributed by atoms with van der Waals surface area (Å²) >= 11 is 3.31. The number of likely N-dealkylation sites (N-methyl/N-ethyl adjacent to an activating group) is 1. The van der Waals surface area contributed by atoms with E-state index in [1.165, 1.54) is 18.5 Å². The topological polar surface area (TPSA) is 47.0 Å². The number of nitrogens with one attached hydrogen (secondary N) is 1. The van der Waals surface area contributed by atoms with Gasteiger partial charge in [-0.25, -0.2) is 14.4 Å². The Hall–Kier alpha value is -1.53. The molecule has 1 heterocycles. The zero-order valence-electron chi connectivity index (χ0n) is 11.2. The van der Waals surface area contributed by atoms with Crippen LogP contribution in [0, 0.1) is 5.82 Å². The Morgan fingerprint density at radius 1 is 1.30 bits per heavy atom. The SMILES string of the molecule is CNC(Cc1cc(OC)ncn1)c1cc(F)cc(Br)c1. The van der Waals surface area contributed by atoms with E-state index in [9.17, 15) is 4.39 Å². The molecule has 0 saturated heterocycles. The van der Waals surface area contributed by atoms with Crippen LogP contribution in [0.3, 0.4) is 0 Å². The molecule has 0 aliphatic heterocycles. The van der Waals surface area contributed by atoms with Crippen LogP contribution in [-0.4, -0.2) is 24.1 Å². The van der Waals surface area contributed by atoms with Crippen molar-refractivity contribution in [2.45, 2.75) is 12.5 Å². The van der Waals surface area contributed by atoms with E-state index in [0.717, 1.165) is 11.3 Å². The van der Waals surface area contributed by atoms with Gasteiger partial charge in [0.25, 0.3) is 0 Å². The van der Waals surface area contributed by atoms with Gasteiger partial charge >= 0.3 is 0 Å². The van der Waals surface area contributed by atoms with E-state index >= 15 is 0 Å². The van der Waals surface area contributed by atoms with E-state index in [1.807, 2.05) is 13.1 Å². The molecular weight excluding hydrogens is 325 g/mol. The van der Waals surface area contributed by atoms with Crippen molar-refractivity contribution in [2.24, 2.45) is 0 Å². The van der Waals surface area contributed by atoms with Crippen molar-refractivity contribution in [3.63, 3.8) is 0 Å². The molecular formula is C14H15BrFN3O. The molecule has 106 valence electrons. The van der Waals surface area contributed by atoms with Crippen molar-refractivity contribution in [3.05, 3.63) is 52.1 Å². The molecule has 2 aromatic rings. The lowest BCUT2D eigenvalue weighted by molar-refractivity contribution is 0.395. The first-order chi connectivity index (χ1) is 9.62. The maximum Gasteiger partial charge on any atom is 0.216 e. The second-order valence-electron chi connectivity index (χ2n) is 4.30. The number of methoxy groups -OCH3 is 1. The van der Waals surface area contributed by atoms with Crippen molar-refractivity contribution < 1.29 is 9.13 Å². The minimum Gasteiger partial charge on any atom is -0.481 e. The van der Waals surface area contributed by atoms with Gasteiger partial charge in [0.05, 0.1) is 7.11 Å². The van der Waals surface area contributed by atoms with Gasteiger partial charge in [0.15, 0.2) is 0 Å². The Balaban J connectivity index is 2.23. The van der Waals surface area contributed by atoms with Crippen molar-refractivity contribution in [1.82, 2.24) is 15.3 Å². The molecule has 0 fully saturated rings. The summed E-state index contributed by atoms with van der Waals surface area (Å²) in [6, 6.07) is 6.58. The number of nitrogens with zero attached hydrogens (tertiary/aromatic N) is 2. The second-order valence-corrected chi connectivity index (χ2v) is 5.22. The summed E-state index contributed by atoms with van der Waals surface area (Å²) in [6.07, 6.45) is 2.08. The maximum atomic E-state index is 13.5. The summed E-state index contributed by atoms with van der Waals surface area (Å²) < 4.78 is 19.3. The Kier molecular flexibility index (Phi) is 5.03. The lowest BCUT2D eigenvalue weighted by atomic mass is 10.0. The molecule has 1 aromatic carbocycles. The van der Waals surface area contributed by atoms with Gasteiger partial charge in [-0.2, -0.15) is 0 Å². The number of hydrogen-bond acceptors (Lipinski definition) is 4. The fourth-order valence-electron chi connectivity index (χ4n) is 1.97. The third-order valence-corrected chi connectivity index (χ3v) is 3.41. The summed E-state index contributed by atoms with van der Waals surface area (Å²) in [5.74, 6) is 0.250. The smallest absolute Gasteiger partial charge is 0.216 e. The normalized spacial score (nSPS) is 12.2. The summed E-state index contributed by atoms with van der Waals surface area (Å²) in [7, 11) is 3.40. The maximum absolute atomic E-state index is 13.5. The molecule has 0 bridgehead atoms. The fraction of sp³-hybridized carbons (Fsp3) is 0.286. The molecule has 1 N–H and O–H groups in total. The molecule has 20 heavy (non-hydrogen) atoms. The van der Waals surface area contributed by atoms with Crippen LogP contribution in [-0.2, 0) is 6.42 Å². The predicted octanol–water partition coefficient (Wildman–Crippen LogP) is 2.89. The highest BCUT2D eigenvalue weighted by molar-refractivity contribution is 9.10. The largest absolute Gasteiger partial charge is 0.481 e. The van der Waals surface area contributed by atoms with E-state index < -0.39 is 0 Å². The zero-order chi connectivity index (χ0) is 14.5. The van der Waals surface area contributed by atoms with Gasteiger partial charge in [-0.05, 0) is 30.8 Å². The fourth-order valence-corrected chi connectivity index (χ4v) is 2.46. The van der Waals surface area contributed by atoms with Crippen LogP contribution in [0.5, 0.6) is 5.88 Å². The number of hydrogen-bond donors (Lipinski definition) is 1. The van der Waals surface area contributed by atoms with Crippen LogP contribution in [0.15, 0.2) is 35.1 Å². The Bertz CT molecular complexity index is 574. The number of benzene rings is 1. The molecule has 1 atom stereocenters. The first-order valence-electron chi connectivity index (χ1n) is 6.10. The molecule has 0 amide bonds. The molecule has 0 aliphatic rings. The molecule has 2 rings (SSSR count). The van der Waals surface area contributed by atoms with Crippen LogP contribution < -0.4 is 10.1 Å². The second kappa shape index (κ2) is 6.76. The average molecular weight is 340 g/mol. The lowest BCUT2D eigenvalue weighted by Gasteiger charge is -2.17. The molecule has 0 saturated carbocycles. The van der Waals surface area contributed by atoms with Crippen LogP contribution >= 0.6 is 15.9 Å². The minimum atomic E-state index is -0.269. The van der Waals surface area contributed by atoms with E-state index in [-0.39, 0.29) is 11.9 Å². The highest BCUT2D eigenvalue weighted by Gasteiger charge is 2.13. The van der Waals surface area contributed by atoms with Crippen LogP contribution in [0.25, 0.3) is 0 Å². The van der Waals surface area contributed by atoms with Crippen LogP contribution in [0.4, 0.5) is 4.39 Å². The highest BCUT2D eigenvalue weighted by atomic mass is 79.9. The summed E-state index contributed by atoms with van der Waals surface area (Å²) in [6.45, 7) is 0. The number of ether oxygens (including phenoxy) is 1. The van der Waals surface area contributed by atoms with Gasteiger partial charge in [0.2, 0.25) is 5.88 Å². The van der Waals surface area contributed by atoms with E-state index in [2.05, 4.69) is 31.2 Å². The molecule has 0 spiro atoms. The first kappa shape index (κ1) is 14.9. The van der Waals surface area contributed by atoms with E-state index in [0.29, 0.717) is 16.8 Å². The zero-order valence-corrected chi connectivity index (χ0v) is 12.8. The predicted molar refractivity (Wildman–Crippen MR) is 78.2 cm³/mol. The number of rotatable bonds is 5. The van der Waals surface area contributed by atoms with Crippen molar-refractivity contribution >= 4 is 15.9 Å². The third kappa shape index (κ3) is 3.74. The van der Waals surface area contributed by atoms with Crippen LogP contribution in [0.2, 0.25) is 0 Å². The molecule has 6 heteroatoms. The van der Waals surface area contributed by atoms with Gasteiger partial charge in [-0.15, -0.1) is 0 Å². The summed E-state index contributed by atoms with van der Waals surface area (Å²) in [4.78, 5) is 8.18. The number of halogens is 2. The Morgan fingerprint density at radius 2 is 2.10 bits per heavy atom. The van der Waals surface area contributed by atoms with Gasteiger partial charge in [0.1, 0.15) is 12.1 Å². The summed E-state index contributed by atoms with van der Waals surface area (Å²) in [5, 5.41) is 3.17. The first-order valence-corrected chi connectivity index (χ1v) is 6.90. The highest BCUT2D eigenvalue weighted by Crippen LogP contribution is 2.23. The molecule has 1 aromatic heterocycles. The Morgan fingerprint density at radius 3 is 2.75 bits per heavy atom. The van der Waals surface area contributed by atoms with Crippen LogP contribution in [0.1, 0.15) is 17.3 Å². The minimum absolute atomic E-state index is 0.0402. The number of aromatic nitrogens is 2. The molecule has 4 nitrogen and oxygen atoms in total. The lowest BCUT2D eigenvalue weighted by Crippen LogP contribution is -2.19. The van der Waals surface area contributed by atoms with Gasteiger partial charge in [-0.1, -0.05) is 15.9 Å². The van der Waals surface area contributed by atoms with Gasteiger partial charge in [0, 0.05) is 28.7 Å². The monoisotopic (exact) mass is 339 g/mol. The average Bonchev–Trinajstić information content (AvgIpc) is 2.44. The van der Waals surface area contributed by atoms with E-state index in [1.54, 1.807) is 13.2 Å².